The predicted molar refractivity (Wildman–Crippen MR) is 68.8 cm³/mol. The highest BCUT2D eigenvalue weighted by Crippen LogP contribution is 2.31. The highest BCUT2D eigenvalue weighted by atomic mass is 16.5. The van der Waals surface area contributed by atoms with Gasteiger partial charge in [-0.1, -0.05) is 19.9 Å². The number of benzene rings is 1. The number of hydrogen-bond donors (Lipinski definition) is 0. The third kappa shape index (κ3) is 3.09. The summed E-state index contributed by atoms with van der Waals surface area (Å²) < 4.78 is 5.69. The monoisotopic (exact) mass is 232 g/mol. The van der Waals surface area contributed by atoms with Crippen LogP contribution in [0.1, 0.15) is 54.9 Å². The quantitative estimate of drug-likeness (QED) is 0.697. The zero-order chi connectivity index (χ0) is 12.3. The molecule has 1 aliphatic rings. The zero-order valence-electron chi connectivity index (χ0n) is 10.6. The van der Waals surface area contributed by atoms with Crippen molar-refractivity contribution in [3.05, 3.63) is 29.3 Å². The minimum Gasteiger partial charge on any atom is -0.493 e. The number of ether oxygens (including phenoxy) is 1. The minimum absolute atomic E-state index is 0.492. The van der Waals surface area contributed by atoms with Crippen molar-refractivity contribution in [2.75, 3.05) is 6.61 Å². The lowest BCUT2D eigenvalue weighted by atomic mass is 9.97. The van der Waals surface area contributed by atoms with Gasteiger partial charge in [0.25, 0.3) is 0 Å². The molecule has 1 aromatic carbocycles. The number of carbonyl (C=O) groups excluding carboxylic acids is 1. The van der Waals surface area contributed by atoms with Crippen LogP contribution >= 0.6 is 0 Å². The van der Waals surface area contributed by atoms with Gasteiger partial charge in [-0.2, -0.15) is 0 Å². The molecule has 1 fully saturated rings. The first-order chi connectivity index (χ1) is 8.24. The molecule has 1 aliphatic carbocycles. The van der Waals surface area contributed by atoms with Crippen LogP contribution in [0.25, 0.3) is 0 Å². The van der Waals surface area contributed by atoms with Crippen molar-refractivity contribution >= 4 is 6.29 Å². The normalized spacial score (nSPS) is 16.6. The second kappa shape index (κ2) is 5.35. The Morgan fingerprint density at radius 3 is 2.82 bits per heavy atom. The molecule has 0 aliphatic heterocycles. The van der Waals surface area contributed by atoms with E-state index in [1.807, 2.05) is 12.1 Å². The molecule has 0 amide bonds. The Bertz CT molecular complexity index is 394. The summed E-state index contributed by atoms with van der Waals surface area (Å²) in [6.45, 7) is 5.08. The lowest BCUT2D eigenvalue weighted by molar-refractivity contribution is 0.111. The van der Waals surface area contributed by atoms with Crippen LogP contribution in [0.2, 0.25) is 0 Å². The van der Waals surface area contributed by atoms with E-state index in [9.17, 15) is 4.79 Å². The molecule has 1 atom stereocenters. The Hall–Kier alpha value is -1.31. The third-order valence-corrected chi connectivity index (χ3v) is 3.51. The van der Waals surface area contributed by atoms with Crippen LogP contribution in [0.15, 0.2) is 18.2 Å². The van der Waals surface area contributed by atoms with Crippen molar-refractivity contribution in [3.63, 3.8) is 0 Å². The van der Waals surface area contributed by atoms with Gasteiger partial charge in [0.05, 0.1) is 12.2 Å². The molecule has 0 saturated heterocycles. The van der Waals surface area contributed by atoms with Crippen LogP contribution in [-0.2, 0) is 0 Å². The third-order valence-electron chi connectivity index (χ3n) is 3.51. The first-order valence-corrected chi connectivity index (χ1v) is 6.46. The number of aldehydes is 1. The Balaban J connectivity index is 2.11. The van der Waals surface area contributed by atoms with Crippen LogP contribution in [0.4, 0.5) is 0 Å². The highest BCUT2D eigenvalue weighted by Gasteiger charge is 2.22. The number of carbonyl (C=O) groups is 1. The molecule has 0 aromatic heterocycles. The van der Waals surface area contributed by atoms with E-state index in [0.29, 0.717) is 17.4 Å². The maximum absolute atomic E-state index is 11.1. The van der Waals surface area contributed by atoms with Crippen molar-refractivity contribution < 1.29 is 9.53 Å². The summed E-state index contributed by atoms with van der Waals surface area (Å²) in [6.07, 6.45) is 4.51. The highest BCUT2D eigenvalue weighted by molar-refractivity contribution is 5.79. The SMILES string of the molecule is CC[C@H](C)c1ccc(OCC2CC2)c(C=O)c1. The fourth-order valence-electron chi connectivity index (χ4n) is 1.82. The Kier molecular flexibility index (Phi) is 3.82. The van der Waals surface area contributed by atoms with Gasteiger partial charge < -0.3 is 4.74 Å². The molecule has 92 valence electrons. The van der Waals surface area contributed by atoms with Crippen molar-refractivity contribution in [1.82, 2.24) is 0 Å². The van der Waals surface area contributed by atoms with Crippen molar-refractivity contribution in [1.29, 1.82) is 0 Å². The summed E-state index contributed by atoms with van der Waals surface area (Å²) in [7, 11) is 0. The second-order valence-electron chi connectivity index (χ2n) is 4.98. The van der Waals surface area contributed by atoms with Gasteiger partial charge in [-0.15, -0.1) is 0 Å². The smallest absolute Gasteiger partial charge is 0.153 e. The first-order valence-electron chi connectivity index (χ1n) is 6.46. The summed E-state index contributed by atoms with van der Waals surface area (Å²) in [5.41, 5.74) is 1.90. The zero-order valence-corrected chi connectivity index (χ0v) is 10.6. The van der Waals surface area contributed by atoms with Gasteiger partial charge in [-0.05, 0) is 48.8 Å². The lowest BCUT2D eigenvalue weighted by Gasteiger charge is -2.13. The summed E-state index contributed by atoms with van der Waals surface area (Å²) in [6, 6.07) is 5.97. The van der Waals surface area contributed by atoms with Crippen molar-refractivity contribution in [3.8, 4) is 5.75 Å². The van der Waals surface area contributed by atoms with E-state index >= 15 is 0 Å². The van der Waals surface area contributed by atoms with E-state index in [-0.39, 0.29) is 0 Å². The van der Waals surface area contributed by atoms with Crippen LogP contribution < -0.4 is 4.74 Å². The second-order valence-corrected chi connectivity index (χ2v) is 4.98. The molecule has 1 aromatic rings. The summed E-state index contributed by atoms with van der Waals surface area (Å²) >= 11 is 0. The maximum Gasteiger partial charge on any atom is 0.153 e. The minimum atomic E-state index is 0.492. The van der Waals surface area contributed by atoms with Gasteiger partial charge in [0.2, 0.25) is 0 Å². The lowest BCUT2D eigenvalue weighted by Crippen LogP contribution is -2.02. The van der Waals surface area contributed by atoms with E-state index in [4.69, 9.17) is 4.74 Å². The predicted octanol–water partition coefficient (Wildman–Crippen LogP) is 3.80. The molecular weight excluding hydrogens is 212 g/mol. The van der Waals surface area contributed by atoms with Crippen molar-refractivity contribution in [2.24, 2.45) is 5.92 Å². The van der Waals surface area contributed by atoms with Gasteiger partial charge in [-0.3, -0.25) is 4.79 Å². The molecule has 2 rings (SSSR count). The van der Waals surface area contributed by atoms with Crippen LogP contribution in [0.3, 0.4) is 0 Å². The van der Waals surface area contributed by atoms with Crippen LogP contribution in [0.5, 0.6) is 5.75 Å². The first kappa shape index (κ1) is 12.2. The van der Waals surface area contributed by atoms with Gasteiger partial charge in [0.1, 0.15) is 5.75 Å². The van der Waals surface area contributed by atoms with Gasteiger partial charge in [0, 0.05) is 0 Å². The Morgan fingerprint density at radius 1 is 1.47 bits per heavy atom. The molecule has 17 heavy (non-hydrogen) atoms. The Labute approximate surface area is 103 Å². The molecule has 0 bridgehead atoms. The fourth-order valence-corrected chi connectivity index (χ4v) is 1.82. The molecule has 0 radical (unpaired) electrons. The molecule has 0 N–H and O–H groups in total. The fraction of sp³-hybridized carbons (Fsp3) is 0.533. The van der Waals surface area contributed by atoms with Crippen molar-refractivity contribution in [2.45, 2.75) is 39.0 Å². The van der Waals surface area contributed by atoms with Gasteiger partial charge >= 0.3 is 0 Å². The van der Waals surface area contributed by atoms with Crippen LogP contribution in [0, 0.1) is 5.92 Å². The van der Waals surface area contributed by atoms with E-state index in [1.165, 1.54) is 18.4 Å². The molecule has 0 spiro atoms. The van der Waals surface area contributed by atoms with E-state index in [0.717, 1.165) is 25.1 Å². The largest absolute Gasteiger partial charge is 0.493 e. The summed E-state index contributed by atoms with van der Waals surface area (Å²) in [5, 5.41) is 0. The number of hydrogen-bond acceptors (Lipinski definition) is 2. The molecular formula is C15H20O2. The Morgan fingerprint density at radius 2 is 2.24 bits per heavy atom. The molecule has 1 saturated carbocycles. The average molecular weight is 232 g/mol. The maximum atomic E-state index is 11.1. The van der Waals surface area contributed by atoms with E-state index in [1.54, 1.807) is 0 Å². The molecule has 2 heteroatoms. The molecule has 0 unspecified atom stereocenters. The summed E-state index contributed by atoms with van der Waals surface area (Å²) in [4.78, 5) is 11.1. The van der Waals surface area contributed by atoms with E-state index in [2.05, 4.69) is 19.9 Å². The van der Waals surface area contributed by atoms with Gasteiger partial charge in [0.15, 0.2) is 6.29 Å². The molecule has 2 nitrogen and oxygen atoms in total. The van der Waals surface area contributed by atoms with E-state index < -0.39 is 0 Å². The average Bonchev–Trinajstić information content (AvgIpc) is 3.19. The topological polar surface area (TPSA) is 26.3 Å². The van der Waals surface area contributed by atoms with Gasteiger partial charge in [-0.25, -0.2) is 0 Å². The van der Waals surface area contributed by atoms with Crippen LogP contribution in [-0.4, -0.2) is 12.9 Å². The summed E-state index contributed by atoms with van der Waals surface area (Å²) in [5.74, 6) is 1.94. The number of rotatable bonds is 6. The standard InChI is InChI=1S/C15H20O2/c1-3-11(2)13-6-7-15(14(8-13)9-16)17-10-12-4-5-12/h6-9,11-12H,3-5,10H2,1-2H3/t11-/m0/s1. The molecule has 0 heterocycles.